The van der Waals surface area contributed by atoms with Crippen LogP contribution in [0.2, 0.25) is 10.0 Å². The maximum absolute atomic E-state index is 14.5. The number of nitrogens with zero attached hydrogens (tertiary/aromatic N) is 2. The first-order valence-corrected chi connectivity index (χ1v) is 30.7. The average molecular weight is 1310 g/mol. The second-order valence-electron chi connectivity index (χ2n) is 25.3. The average Bonchev–Trinajstić information content (AvgIpc) is 1.55. The number of esters is 1. The molecule has 488 valence electrons. The number of carbonyl (C=O) groups excluding carboxylic acids is 5. The fourth-order valence-corrected chi connectivity index (χ4v) is 11.8. The summed E-state index contributed by atoms with van der Waals surface area (Å²) in [6.07, 6.45) is 4.08. The smallest absolute Gasteiger partial charge is 1.00 e. The minimum Gasteiger partial charge on any atom is -1.00 e. The zero-order chi connectivity index (χ0) is 67.0. The molecule has 2 heterocycles. The molecule has 0 radical (unpaired) electrons. The van der Waals surface area contributed by atoms with Crippen LogP contribution in [0.15, 0.2) is 159 Å². The summed E-state index contributed by atoms with van der Waals surface area (Å²) < 4.78 is 44.6. The van der Waals surface area contributed by atoms with Gasteiger partial charge in [0.15, 0.2) is 0 Å². The van der Waals surface area contributed by atoms with Crippen molar-refractivity contribution >= 4 is 70.1 Å². The van der Waals surface area contributed by atoms with Gasteiger partial charge in [0.05, 0.1) is 6.61 Å². The Kier molecular flexibility index (Phi) is 23.5. The molecule has 93 heavy (non-hydrogen) atoms. The first-order chi connectivity index (χ1) is 43.6. The number of rotatable bonds is 19. The predicted octanol–water partition coefficient (Wildman–Crippen LogP) is 10.0. The molecule has 2 unspecified atom stereocenters. The molecule has 6 aromatic carbocycles. The van der Waals surface area contributed by atoms with Gasteiger partial charge in [-0.15, -0.1) is 13.2 Å². The van der Waals surface area contributed by atoms with Crippen molar-refractivity contribution < 1.29 is 87.7 Å². The monoisotopic (exact) mass is 1310 g/mol. The third-order valence-electron chi connectivity index (χ3n) is 16.7. The Morgan fingerprint density at radius 3 is 1.32 bits per heavy atom. The fourth-order valence-electron chi connectivity index (χ4n) is 11.4. The summed E-state index contributed by atoms with van der Waals surface area (Å²) >= 11 is 12.3. The molecule has 23 heteroatoms. The summed E-state index contributed by atoms with van der Waals surface area (Å²) in [5.74, 6) is -2.62. The van der Waals surface area contributed by atoms with E-state index in [1.807, 2.05) is 71.9 Å². The van der Waals surface area contributed by atoms with Gasteiger partial charge < -0.3 is 51.8 Å². The molecule has 4 amide bonds. The zero-order valence-electron chi connectivity index (χ0n) is 54.1. The van der Waals surface area contributed by atoms with Gasteiger partial charge in [-0.2, -0.15) is 0 Å². The molecule has 2 aliphatic carbocycles. The van der Waals surface area contributed by atoms with Gasteiger partial charge in [-0.1, -0.05) is 101 Å². The van der Waals surface area contributed by atoms with E-state index in [2.05, 4.69) is 34.4 Å². The van der Waals surface area contributed by atoms with Gasteiger partial charge in [0, 0.05) is 59.2 Å². The molecule has 0 saturated heterocycles. The molecule has 8 atom stereocenters. The van der Waals surface area contributed by atoms with Gasteiger partial charge in [-0.05, 0) is 162 Å². The third kappa shape index (κ3) is 17.1. The molecule has 10 rings (SSSR count). The number of nitrogens with one attached hydrogen (secondary N) is 4. The van der Waals surface area contributed by atoms with E-state index < -0.39 is 81.6 Å². The summed E-state index contributed by atoms with van der Waals surface area (Å²) in [6, 6.07) is 33.1. The molecule has 18 nitrogen and oxygen atoms in total. The fraction of sp³-hybridized carbons (Fsp3) is 0.343. The predicted molar refractivity (Wildman–Crippen MR) is 348 cm³/mol. The molecule has 2 saturated carbocycles. The number of ether oxygens (including phenoxy) is 3. The van der Waals surface area contributed by atoms with E-state index in [1.165, 1.54) is 35.2 Å². The van der Waals surface area contributed by atoms with Crippen LogP contribution >= 0.6 is 23.2 Å². The number of aliphatic carboxylic acids is 1. The van der Waals surface area contributed by atoms with Crippen molar-refractivity contribution in [2.45, 2.75) is 122 Å². The Balaban J connectivity index is 0.000000285. The van der Waals surface area contributed by atoms with Crippen LogP contribution < -0.4 is 49.6 Å². The van der Waals surface area contributed by atoms with Crippen molar-refractivity contribution in [2.75, 3.05) is 17.2 Å². The van der Waals surface area contributed by atoms with Gasteiger partial charge in [0.25, 0.3) is 0 Å². The molecule has 6 aromatic rings. The van der Waals surface area contributed by atoms with Gasteiger partial charge in [0.2, 0.25) is 23.6 Å². The molecule has 4 aliphatic rings. The van der Waals surface area contributed by atoms with E-state index in [-0.39, 0.29) is 82.8 Å². The Morgan fingerprint density at radius 1 is 0.602 bits per heavy atom. The molecule has 7 N–H and O–H groups in total. The van der Waals surface area contributed by atoms with Crippen molar-refractivity contribution in [3.05, 3.63) is 203 Å². The van der Waals surface area contributed by atoms with Crippen LogP contribution in [-0.4, -0.2) is 103 Å². The second-order valence-corrected chi connectivity index (χ2v) is 26.2. The van der Waals surface area contributed by atoms with Gasteiger partial charge >= 0.3 is 30.8 Å². The zero-order valence-corrected chi connectivity index (χ0v) is 54.6. The quantitative estimate of drug-likeness (QED) is 0.0131. The maximum atomic E-state index is 14.5. The van der Waals surface area contributed by atoms with Crippen LogP contribution in [0.4, 0.5) is 20.2 Å². The van der Waals surface area contributed by atoms with Gasteiger partial charge in [-0.3, -0.25) is 29.7 Å². The maximum Gasteiger partial charge on any atom is 1.00 e. The second kappa shape index (κ2) is 30.2. The number of carboxylic acid groups (broad SMARTS) is 1. The van der Waals surface area contributed by atoms with Gasteiger partial charge in [0.1, 0.15) is 69.9 Å². The number of carboxylic acids is 1. The number of amides is 4. The summed E-state index contributed by atoms with van der Waals surface area (Å²) in [5.41, 5.74) is 0.586. The minimum absolute atomic E-state index is 0. The van der Waals surface area contributed by atoms with Crippen molar-refractivity contribution in [1.82, 2.24) is 20.4 Å². The first-order valence-electron chi connectivity index (χ1n) is 29.9. The Morgan fingerprint density at radius 2 is 0.978 bits per heavy atom. The van der Waals surface area contributed by atoms with E-state index >= 15 is 0 Å². The van der Waals surface area contributed by atoms with E-state index in [9.17, 15) is 42.7 Å². The van der Waals surface area contributed by atoms with Crippen LogP contribution in [0.1, 0.15) is 85.0 Å². The SMILES string of the molecule is C=C[C@@H]1C[C@]1(NC(=O)C1Cc2cc(Oc3cccc(Cl)c3)ccc2CN1C(=O)[C@@H](Nc1ccc(F)cc1)C(C)(C)C)C(=O)O.C=C[C@@H]1C[C@]1(NC(=O)C1Cc2cc(Oc3cccc(Cl)c3)ccc2CN1C(=O)[C@@H](Nc1ccc(F)cc1)C(C)(C)C)C(=O)OCC.OO.[H-].[Li+]. The Hall–Kier alpha value is -8.22. The number of carbonyl (C=O) groups is 6. The minimum atomic E-state index is -1.46. The molecule has 0 spiro atoms. The van der Waals surface area contributed by atoms with E-state index in [0.717, 1.165) is 22.3 Å². The number of fused-ring (bicyclic) bond motifs is 2. The number of hydrogen-bond donors (Lipinski definition) is 7. The molecule has 0 aromatic heterocycles. The number of anilines is 2. The summed E-state index contributed by atoms with van der Waals surface area (Å²) in [6.45, 7) is 21.1. The van der Waals surface area contributed by atoms with Crippen LogP contribution in [0.5, 0.6) is 23.0 Å². The molecular weight excluding hydrogens is 1230 g/mol. The van der Waals surface area contributed by atoms with Gasteiger partial charge in [-0.25, -0.2) is 18.4 Å². The Bertz CT molecular complexity index is 3750. The van der Waals surface area contributed by atoms with Crippen molar-refractivity contribution in [3.8, 4) is 23.0 Å². The van der Waals surface area contributed by atoms with Crippen molar-refractivity contribution in [3.63, 3.8) is 0 Å². The summed E-state index contributed by atoms with van der Waals surface area (Å²) in [4.78, 5) is 85.2. The van der Waals surface area contributed by atoms with E-state index in [1.54, 1.807) is 96.8 Å². The normalized spacial score (nSPS) is 20.6. The van der Waals surface area contributed by atoms with E-state index in [4.69, 9.17) is 47.9 Å². The molecule has 0 bridgehead atoms. The standard InChI is InChI=1S/C36H39ClFN3O5.C34H35ClFN3O5.Li.H2O2.H/c1-6-24-20-36(24,34(44)45-7-2)40-32(42)30-18-23-17-29(46-28-10-8-9-25(37)19-28)16-11-22(23)21-41(30)33(43)31(35(3,4)5)39-27-14-12-26(38)13-15-27;1-5-22-18-34(22,32(42)43)38-30(40)28-16-21-15-27(44-26-8-6-7-23(35)17-26)14-9-20(21)19-39(28)31(41)29(33(2,3)4)37-25-12-10-24(36)11-13-25;;1-2;/h6,8-17,19,24,30-31,39H,1,7,18,20-21H2,2-5H3,(H,40,42);5-15,17,22,28-29,37H,1,16,18-19H2,2-4H3,(H,38,40)(H,42,43);;1-2H;/q;;+1;;-1/t24-,30?,31-,36-;22-,28?,29-,34-;;;/m11.../s1. The van der Waals surface area contributed by atoms with Crippen molar-refractivity contribution in [2.24, 2.45) is 22.7 Å². The van der Waals surface area contributed by atoms with Crippen LogP contribution in [0, 0.1) is 34.3 Å². The number of hydrogen-bond acceptors (Lipinski definition) is 13. The first kappa shape index (κ1) is 72.2. The largest absolute Gasteiger partial charge is 1.00 e. The topological polar surface area (TPSA) is 245 Å². The van der Waals surface area contributed by atoms with Crippen LogP contribution in [0.25, 0.3) is 0 Å². The van der Waals surface area contributed by atoms with Crippen molar-refractivity contribution in [1.29, 1.82) is 0 Å². The summed E-state index contributed by atoms with van der Waals surface area (Å²) in [7, 11) is 0. The Labute approximate surface area is 563 Å². The van der Waals surface area contributed by atoms with Crippen LogP contribution in [-0.2, 0) is 59.4 Å². The number of halogens is 4. The van der Waals surface area contributed by atoms with Crippen LogP contribution in [0.3, 0.4) is 0 Å². The summed E-state index contributed by atoms with van der Waals surface area (Å²) in [5, 5.41) is 35.2. The van der Waals surface area contributed by atoms with E-state index in [0.29, 0.717) is 50.8 Å². The molecular formula is C70H77Cl2F2LiN6O12. The third-order valence-corrected chi connectivity index (χ3v) is 17.2. The molecule has 2 fully saturated rings. The number of benzene rings is 6. The molecule has 2 aliphatic heterocycles.